The van der Waals surface area contributed by atoms with Crippen LogP contribution in [0.3, 0.4) is 0 Å². The van der Waals surface area contributed by atoms with Gasteiger partial charge in [-0.05, 0) is 32.8 Å². The predicted octanol–water partition coefficient (Wildman–Crippen LogP) is 2.46. The smallest absolute Gasteiger partial charge is 0.229 e. The molecular formula is C15H18N4OS. The summed E-state index contributed by atoms with van der Waals surface area (Å²) in [5, 5.41) is 2.97. The lowest BCUT2D eigenvalue weighted by atomic mass is 10.1. The van der Waals surface area contributed by atoms with Crippen LogP contribution in [0, 0.1) is 13.8 Å². The number of likely N-dealkylation sites (tertiary alicyclic amines) is 1. The van der Waals surface area contributed by atoms with Gasteiger partial charge in [0.05, 0.1) is 28.9 Å². The maximum atomic E-state index is 12.5. The van der Waals surface area contributed by atoms with Gasteiger partial charge in [0, 0.05) is 18.1 Å². The fourth-order valence-electron chi connectivity index (χ4n) is 2.78. The van der Waals surface area contributed by atoms with Crippen molar-refractivity contribution in [2.75, 3.05) is 6.54 Å². The number of hydrogen-bond donors (Lipinski definition) is 0. The van der Waals surface area contributed by atoms with E-state index in [9.17, 15) is 4.79 Å². The predicted molar refractivity (Wildman–Crippen MR) is 81.0 cm³/mol. The van der Waals surface area contributed by atoms with E-state index in [0.717, 1.165) is 41.6 Å². The fourth-order valence-corrected chi connectivity index (χ4v) is 3.39. The molecule has 0 N–H and O–H groups in total. The maximum absolute atomic E-state index is 12.5. The number of amides is 1. The van der Waals surface area contributed by atoms with E-state index in [-0.39, 0.29) is 11.9 Å². The highest BCUT2D eigenvalue weighted by Gasteiger charge is 2.31. The Hall–Kier alpha value is -1.82. The highest BCUT2D eigenvalue weighted by molar-refractivity contribution is 7.09. The van der Waals surface area contributed by atoms with Crippen molar-refractivity contribution in [3.8, 4) is 0 Å². The van der Waals surface area contributed by atoms with Gasteiger partial charge in [0.2, 0.25) is 5.91 Å². The molecule has 0 aromatic carbocycles. The fraction of sp³-hybridized carbons (Fsp3) is 0.467. The Balaban J connectivity index is 1.75. The molecular weight excluding hydrogens is 284 g/mol. The minimum atomic E-state index is 0.0823. The van der Waals surface area contributed by atoms with E-state index >= 15 is 0 Å². The quantitative estimate of drug-likeness (QED) is 0.874. The van der Waals surface area contributed by atoms with Crippen LogP contribution in [0.1, 0.15) is 41.1 Å². The van der Waals surface area contributed by atoms with Crippen molar-refractivity contribution in [2.24, 2.45) is 0 Å². The number of rotatable bonds is 3. The van der Waals surface area contributed by atoms with E-state index in [2.05, 4.69) is 15.0 Å². The number of nitrogens with zero attached hydrogens (tertiary/aromatic N) is 4. The van der Waals surface area contributed by atoms with Gasteiger partial charge in [-0.3, -0.25) is 4.79 Å². The summed E-state index contributed by atoms with van der Waals surface area (Å²) in [6, 6.07) is 2.00. The number of carbonyl (C=O) groups excluding carboxylic acids is 1. The lowest BCUT2D eigenvalue weighted by molar-refractivity contribution is -0.131. The first-order valence-corrected chi connectivity index (χ1v) is 8.01. The molecule has 0 spiro atoms. The van der Waals surface area contributed by atoms with Gasteiger partial charge in [0.1, 0.15) is 5.82 Å². The summed E-state index contributed by atoms with van der Waals surface area (Å²) >= 11 is 1.59. The second-order valence-electron chi connectivity index (χ2n) is 5.31. The summed E-state index contributed by atoms with van der Waals surface area (Å²) in [7, 11) is 0. The van der Waals surface area contributed by atoms with Gasteiger partial charge in [-0.15, -0.1) is 11.3 Å². The highest BCUT2D eigenvalue weighted by Crippen LogP contribution is 2.31. The number of thiazole rings is 1. The van der Waals surface area contributed by atoms with Gasteiger partial charge in [0.15, 0.2) is 0 Å². The molecule has 0 saturated carbocycles. The first-order valence-electron chi connectivity index (χ1n) is 7.13. The summed E-state index contributed by atoms with van der Waals surface area (Å²) in [6.45, 7) is 4.64. The zero-order valence-corrected chi connectivity index (χ0v) is 13.1. The van der Waals surface area contributed by atoms with Crippen LogP contribution in [0.5, 0.6) is 0 Å². The monoisotopic (exact) mass is 302 g/mol. The first-order chi connectivity index (χ1) is 10.1. The molecule has 1 amide bonds. The van der Waals surface area contributed by atoms with Crippen LogP contribution in [0.4, 0.5) is 0 Å². The SMILES string of the molecule is Cc1nccc(C2CCCN2C(=O)Cc2csc(C)n2)n1. The molecule has 2 aromatic rings. The second kappa shape index (κ2) is 5.89. The molecule has 1 unspecified atom stereocenters. The Labute approximate surface area is 128 Å². The van der Waals surface area contributed by atoms with Crippen molar-refractivity contribution in [3.05, 3.63) is 39.9 Å². The Kier molecular flexibility index (Phi) is 3.96. The Morgan fingerprint density at radius 1 is 1.43 bits per heavy atom. The van der Waals surface area contributed by atoms with Crippen molar-refractivity contribution >= 4 is 17.2 Å². The van der Waals surface area contributed by atoms with Gasteiger partial charge in [0.25, 0.3) is 0 Å². The molecule has 1 aliphatic rings. The summed E-state index contributed by atoms with van der Waals surface area (Å²) in [4.78, 5) is 27.5. The van der Waals surface area contributed by atoms with E-state index in [0.29, 0.717) is 6.42 Å². The Morgan fingerprint density at radius 2 is 2.29 bits per heavy atom. The molecule has 1 saturated heterocycles. The van der Waals surface area contributed by atoms with Gasteiger partial charge >= 0.3 is 0 Å². The van der Waals surface area contributed by atoms with Crippen molar-refractivity contribution in [1.82, 2.24) is 19.9 Å². The van der Waals surface area contributed by atoms with E-state index in [1.807, 2.05) is 30.2 Å². The lowest BCUT2D eigenvalue weighted by Crippen LogP contribution is -2.32. The normalized spacial score (nSPS) is 18.2. The molecule has 1 aliphatic heterocycles. The maximum Gasteiger partial charge on any atom is 0.229 e. The third kappa shape index (κ3) is 3.10. The van der Waals surface area contributed by atoms with Crippen molar-refractivity contribution < 1.29 is 4.79 Å². The summed E-state index contributed by atoms with van der Waals surface area (Å²) < 4.78 is 0. The zero-order valence-electron chi connectivity index (χ0n) is 12.2. The number of aryl methyl sites for hydroxylation is 2. The summed E-state index contributed by atoms with van der Waals surface area (Å²) in [5.74, 6) is 0.890. The topological polar surface area (TPSA) is 59.0 Å². The second-order valence-corrected chi connectivity index (χ2v) is 6.37. The van der Waals surface area contributed by atoms with Crippen LogP contribution in [-0.2, 0) is 11.2 Å². The van der Waals surface area contributed by atoms with Gasteiger partial charge < -0.3 is 4.90 Å². The number of hydrogen-bond acceptors (Lipinski definition) is 5. The van der Waals surface area contributed by atoms with Crippen molar-refractivity contribution in [2.45, 2.75) is 39.2 Å². The average molecular weight is 302 g/mol. The van der Waals surface area contributed by atoms with Crippen LogP contribution in [0.15, 0.2) is 17.6 Å². The van der Waals surface area contributed by atoms with Crippen LogP contribution in [0.25, 0.3) is 0 Å². The molecule has 0 aliphatic carbocycles. The van der Waals surface area contributed by atoms with Gasteiger partial charge in [-0.1, -0.05) is 0 Å². The third-order valence-electron chi connectivity index (χ3n) is 3.71. The van der Waals surface area contributed by atoms with E-state index in [4.69, 9.17) is 0 Å². The van der Waals surface area contributed by atoms with Crippen molar-refractivity contribution in [3.63, 3.8) is 0 Å². The largest absolute Gasteiger partial charge is 0.334 e. The van der Waals surface area contributed by atoms with E-state index in [1.165, 1.54) is 0 Å². The van der Waals surface area contributed by atoms with E-state index in [1.54, 1.807) is 17.5 Å². The molecule has 0 bridgehead atoms. The van der Waals surface area contributed by atoms with Gasteiger partial charge in [-0.25, -0.2) is 15.0 Å². The Morgan fingerprint density at radius 3 is 3.00 bits per heavy atom. The minimum absolute atomic E-state index is 0.0823. The highest BCUT2D eigenvalue weighted by atomic mass is 32.1. The van der Waals surface area contributed by atoms with Gasteiger partial charge in [-0.2, -0.15) is 0 Å². The third-order valence-corrected chi connectivity index (χ3v) is 4.53. The molecule has 21 heavy (non-hydrogen) atoms. The first kappa shape index (κ1) is 14.1. The lowest BCUT2D eigenvalue weighted by Gasteiger charge is -2.24. The molecule has 3 heterocycles. The molecule has 110 valence electrons. The zero-order chi connectivity index (χ0) is 14.8. The average Bonchev–Trinajstić information content (AvgIpc) is 3.07. The molecule has 1 atom stereocenters. The molecule has 2 aromatic heterocycles. The van der Waals surface area contributed by atoms with Crippen LogP contribution in [0.2, 0.25) is 0 Å². The molecule has 6 heteroatoms. The number of carbonyl (C=O) groups is 1. The minimum Gasteiger partial charge on any atom is -0.334 e. The van der Waals surface area contributed by atoms with Crippen molar-refractivity contribution in [1.29, 1.82) is 0 Å². The van der Waals surface area contributed by atoms with Crippen LogP contribution < -0.4 is 0 Å². The summed E-state index contributed by atoms with van der Waals surface area (Å²) in [6.07, 6.45) is 4.14. The summed E-state index contributed by atoms with van der Waals surface area (Å²) in [5.41, 5.74) is 1.81. The molecule has 0 radical (unpaired) electrons. The molecule has 1 fully saturated rings. The Bertz CT molecular complexity index is 655. The number of aromatic nitrogens is 3. The molecule has 5 nitrogen and oxygen atoms in total. The van der Waals surface area contributed by atoms with Crippen LogP contribution in [-0.4, -0.2) is 32.3 Å². The van der Waals surface area contributed by atoms with E-state index < -0.39 is 0 Å². The van der Waals surface area contributed by atoms with Crippen LogP contribution >= 0.6 is 11.3 Å². The standard InChI is InChI=1S/C15H18N4OS/c1-10-16-6-5-13(17-10)14-4-3-7-19(14)15(20)8-12-9-21-11(2)18-12/h5-6,9,14H,3-4,7-8H2,1-2H3. The molecule has 3 rings (SSSR count).